The first-order valence-electron chi connectivity index (χ1n) is 10.2. The van der Waals surface area contributed by atoms with Crippen LogP contribution in [0.2, 0.25) is 5.02 Å². The standard InChI is InChI=1S/C23H30ClN3O2.HI/c1-25-23(26-13-10-18-6-8-21(24)9-7-18)27-16-19-2-4-20(5-3-19)17-29-22-11-14-28-15-12-22;/h2-9,22H,10-17H2,1H3,(H2,25,26,27);1H. The highest BCUT2D eigenvalue weighted by molar-refractivity contribution is 14.0. The Hall–Kier alpha value is -1.35. The molecule has 0 unspecified atom stereocenters. The second kappa shape index (κ2) is 13.9. The van der Waals surface area contributed by atoms with Crippen LogP contribution in [0.1, 0.15) is 29.5 Å². The summed E-state index contributed by atoms with van der Waals surface area (Å²) in [5, 5.41) is 7.47. The molecule has 2 N–H and O–H groups in total. The van der Waals surface area contributed by atoms with E-state index < -0.39 is 0 Å². The van der Waals surface area contributed by atoms with Gasteiger partial charge in [-0.1, -0.05) is 48.0 Å². The average molecular weight is 544 g/mol. The van der Waals surface area contributed by atoms with Crippen LogP contribution in [0.5, 0.6) is 0 Å². The van der Waals surface area contributed by atoms with Gasteiger partial charge in [0.1, 0.15) is 0 Å². The minimum Gasteiger partial charge on any atom is -0.381 e. The minimum absolute atomic E-state index is 0. The highest BCUT2D eigenvalue weighted by atomic mass is 127. The van der Waals surface area contributed by atoms with Crippen molar-refractivity contribution in [2.75, 3.05) is 26.8 Å². The fraction of sp³-hybridized carbons (Fsp3) is 0.435. The Morgan fingerprint density at radius 1 is 1.00 bits per heavy atom. The van der Waals surface area contributed by atoms with Crippen LogP contribution >= 0.6 is 35.6 Å². The Morgan fingerprint density at radius 2 is 1.63 bits per heavy atom. The molecule has 0 bridgehead atoms. The molecule has 0 radical (unpaired) electrons. The Balaban J connectivity index is 0.00000320. The molecule has 0 saturated carbocycles. The van der Waals surface area contributed by atoms with E-state index in [0.29, 0.717) is 12.7 Å². The van der Waals surface area contributed by atoms with Crippen LogP contribution in [0.15, 0.2) is 53.5 Å². The van der Waals surface area contributed by atoms with Gasteiger partial charge in [-0.25, -0.2) is 0 Å². The van der Waals surface area contributed by atoms with Crippen molar-refractivity contribution < 1.29 is 9.47 Å². The SMILES string of the molecule is CN=C(NCCc1ccc(Cl)cc1)NCc1ccc(COC2CCOCC2)cc1.I. The first kappa shape index (κ1) is 24.9. The van der Waals surface area contributed by atoms with Gasteiger partial charge >= 0.3 is 0 Å². The quantitative estimate of drug-likeness (QED) is 0.291. The number of halogens is 2. The van der Waals surface area contributed by atoms with Crippen molar-refractivity contribution in [2.24, 2.45) is 4.99 Å². The zero-order valence-corrected chi connectivity index (χ0v) is 20.5. The largest absolute Gasteiger partial charge is 0.381 e. The molecule has 164 valence electrons. The Labute approximate surface area is 201 Å². The fourth-order valence-corrected chi connectivity index (χ4v) is 3.32. The van der Waals surface area contributed by atoms with Crippen molar-refractivity contribution in [3.8, 4) is 0 Å². The summed E-state index contributed by atoms with van der Waals surface area (Å²) in [6.45, 7) is 3.81. The van der Waals surface area contributed by atoms with Gasteiger partial charge in [0.05, 0.1) is 12.7 Å². The molecule has 0 amide bonds. The number of benzene rings is 2. The third-order valence-electron chi connectivity index (χ3n) is 4.98. The number of hydrogen-bond acceptors (Lipinski definition) is 3. The van der Waals surface area contributed by atoms with Gasteiger partial charge in [-0.15, -0.1) is 24.0 Å². The topological polar surface area (TPSA) is 54.9 Å². The van der Waals surface area contributed by atoms with Crippen molar-refractivity contribution in [3.63, 3.8) is 0 Å². The summed E-state index contributed by atoms with van der Waals surface area (Å²) >= 11 is 5.92. The lowest BCUT2D eigenvalue weighted by Gasteiger charge is -2.22. The summed E-state index contributed by atoms with van der Waals surface area (Å²) in [6, 6.07) is 16.5. The van der Waals surface area contributed by atoms with Gasteiger partial charge in [-0.3, -0.25) is 4.99 Å². The van der Waals surface area contributed by atoms with Crippen molar-refractivity contribution in [3.05, 3.63) is 70.2 Å². The van der Waals surface area contributed by atoms with Gasteiger partial charge in [0.2, 0.25) is 0 Å². The van der Waals surface area contributed by atoms with Gasteiger partial charge < -0.3 is 20.1 Å². The zero-order valence-electron chi connectivity index (χ0n) is 17.4. The predicted octanol–water partition coefficient (Wildman–Crippen LogP) is 4.56. The Bertz CT molecular complexity index is 763. The van der Waals surface area contributed by atoms with E-state index in [-0.39, 0.29) is 24.0 Å². The summed E-state index contributed by atoms with van der Waals surface area (Å²) in [5.41, 5.74) is 3.65. The molecule has 1 aliphatic rings. The first-order valence-corrected chi connectivity index (χ1v) is 10.6. The van der Waals surface area contributed by atoms with Crippen LogP contribution in [-0.4, -0.2) is 38.9 Å². The van der Waals surface area contributed by atoms with E-state index in [1.165, 1.54) is 16.7 Å². The van der Waals surface area contributed by atoms with E-state index in [4.69, 9.17) is 21.1 Å². The van der Waals surface area contributed by atoms with E-state index in [1.807, 2.05) is 24.3 Å². The second-order valence-corrected chi connectivity index (χ2v) is 7.60. The number of nitrogens with one attached hydrogen (secondary N) is 2. The lowest BCUT2D eigenvalue weighted by atomic mass is 10.1. The normalized spacial score (nSPS) is 14.8. The monoisotopic (exact) mass is 543 g/mol. The lowest BCUT2D eigenvalue weighted by Crippen LogP contribution is -2.37. The smallest absolute Gasteiger partial charge is 0.191 e. The predicted molar refractivity (Wildman–Crippen MR) is 134 cm³/mol. The molecule has 3 rings (SSSR count). The van der Waals surface area contributed by atoms with Crippen LogP contribution in [0, 0.1) is 0 Å². The highest BCUT2D eigenvalue weighted by Gasteiger charge is 2.13. The molecule has 1 aliphatic heterocycles. The number of nitrogens with zero attached hydrogens (tertiary/aromatic N) is 1. The highest BCUT2D eigenvalue weighted by Crippen LogP contribution is 2.14. The number of ether oxygens (including phenoxy) is 2. The molecule has 0 atom stereocenters. The third kappa shape index (κ3) is 8.79. The number of hydrogen-bond donors (Lipinski definition) is 2. The van der Waals surface area contributed by atoms with Gasteiger partial charge in [0.15, 0.2) is 5.96 Å². The van der Waals surface area contributed by atoms with Crippen LogP contribution in [0.25, 0.3) is 0 Å². The fourth-order valence-electron chi connectivity index (χ4n) is 3.19. The molecular weight excluding hydrogens is 513 g/mol. The Kier molecular flexibility index (Phi) is 11.5. The van der Waals surface area contributed by atoms with E-state index >= 15 is 0 Å². The van der Waals surface area contributed by atoms with E-state index in [0.717, 1.165) is 56.5 Å². The molecule has 5 nitrogen and oxygen atoms in total. The first-order chi connectivity index (χ1) is 14.2. The van der Waals surface area contributed by atoms with Crippen LogP contribution in [0.3, 0.4) is 0 Å². The summed E-state index contributed by atoms with van der Waals surface area (Å²) in [6.07, 6.45) is 3.23. The van der Waals surface area contributed by atoms with Crippen LogP contribution in [0.4, 0.5) is 0 Å². The molecule has 1 fully saturated rings. The minimum atomic E-state index is 0. The maximum atomic E-state index is 5.98. The summed E-state index contributed by atoms with van der Waals surface area (Å²) in [7, 11) is 1.79. The Morgan fingerprint density at radius 3 is 2.30 bits per heavy atom. The lowest BCUT2D eigenvalue weighted by molar-refractivity contribution is -0.0390. The summed E-state index contributed by atoms with van der Waals surface area (Å²) in [4.78, 5) is 4.29. The van der Waals surface area contributed by atoms with E-state index in [1.54, 1.807) is 7.05 Å². The molecular formula is C23H31ClIN3O2. The van der Waals surface area contributed by atoms with Gasteiger partial charge in [0.25, 0.3) is 0 Å². The summed E-state index contributed by atoms with van der Waals surface area (Å²) < 4.78 is 11.3. The maximum Gasteiger partial charge on any atom is 0.191 e. The molecule has 2 aromatic carbocycles. The van der Waals surface area contributed by atoms with Gasteiger partial charge in [-0.2, -0.15) is 0 Å². The van der Waals surface area contributed by atoms with E-state index in [9.17, 15) is 0 Å². The molecule has 0 aliphatic carbocycles. The molecule has 1 saturated heterocycles. The average Bonchev–Trinajstić information content (AvgIpc) is 2.77. The molecule has 0 aromatic heterocycles. The van der Waals surface area contributed by atoms with Gasteiger partial charge in [0, 0.05) is 38.4 Å². The molecule has 2 aromatic rings. The van der Waals surface area contributed by atoms with Crippen molar-refractivity contribution in [2.45, 2.75) is 38.5 Å². The number of aliphatic imine (C=N–C) groups is 1. The van der Waals surface area contributed by atoms with Crippen LogP contribution < -0.4 is 10.6 Å². The van der Waals surface area contributed by atoms with Crippen LogP contribution in [-0.2, 0) is 29.0 Å². The number of rotatable bonds is 8. The second-order valence-electron chi connectivity index (χ2n) is 7.17. The number of guanidine groups is 1. The van der Waals surface area contributed by atoms with Crippen molar-refractivity contribution >= 4 is 41.5 Å². The molecule has 7 heteroatoms. The maximum absolute atomic E-state index is 5.98. The molecule has 30 heavy (non-hydrogen) atoms. The van der Waals surface area contributed by atoms with Gasteiger partial charge in [-0.05, 0) is 48.1 Å². The van der Waals surface area contributed by atoms with Crippen molar-refractivity contribution in [1.82, 2.24) is 10.6 Å². The third-order valence-corrected chi connectivity index (χ3v) is 5.23. The molecule has 1 heterocycles. The zero-order chi connectivity index (χ0) is 20.3. The van der Waals surface area contributed by atoms with E-state index in [2.05, 4.69) is 39.9 Å². The summed E-state index contributed by atoms with van der Waals surface area (Å²) in [5.74, 6) is 0.797. The molecule has 0 spiro atoms. The van der Waals surface area contributed by atoms with Crippen molar-refractivity contribution in [1.29, 1.82) is 0 Å².